The van der Waals surface area contributed by atoms with E-state index in [2.05, 4.69) is 0 Å². The maximum absolute atomic E-state index is 11.9. The van der Waals surface area contributed by atoms with Gasteiger partial charge in [0, 0.05) is 12.6 Å². The molecular formula is C15H23NO3S. The Labute approximate surface area is 121 Å². The third-order valence-corrected chi connectivity index (χ3v) is 5.62. The maximum Gasteiger partial charge on any atom is 0.214 e. The van der Waals surface area contributed by atoms with Crippen molar-refractivity contribution in [2.75, 3.05) is 18.9 Å². The summed E-state index contributed by atoms with van der Waals surface area (Å²) in [5, 5.41) is 0. The smallest absolute Gasteiger partial charge is 0.214 e. The van der Waals surface area contributed by atoms with Gasteiger partial charge in [0.1, 0.15) is 0 Å². The minimum atomic E-state index is -3.03. The molecule has 0 aromatic heterocycles. The lowest BCUT2D eigenvalue weighted by atomic mass is 10.1. The van der Waals surface area contributed by atoms with Gasteiger partial charge in [0.05, 0.1) is 19.0 Å². The molecule has 0 spiro atoms. The number of sulfonamides is 1. The van der Waals surface area contributed by atoms with Gasteiger partial charge in [-0.1, -0.05) is 37.3 Å². The van der Waals surface area contributed by atoms with Gasteiger partial charge in [0.25, 0.3) is 0 Å². The first-order valence-corrected chi connectivity index (χ1v) is 8.71. The molecule has 0 aliphatic carbocycles. The molecule has 0 N–H and O–H groups in total. The molecule has 2 rings (SSSR count). The summed E-state index contributed by atoms with van der Waals surface area (Å²) < 4.78 is 31.1. The molecule has 1 saturated heterocycles. The molecule has 0 radical (unpaired) electrons. The minimum Gasteiger partial charge on any atom is -0.376 e. The largest absolute Gasteiger partial charge is 0.376 e. The third-order valence-electron chi connectivity index (χ3n) is 3.65. The van der Waals surface area contributed by atoms with E-state index in [-0.39, 0.29) is 17.7 Å². The van der Waals surface area contributed by atoms with E-state index in [0.29, 0.717) is 19.8 Å². The second-order valence-corrected chi connectivity index (χ2v) is 7.67. The van der Waals surface area contributed by atoms with Crippen LogP contribution in [0.2, 0.25) is 0 Å². The Hall–Kier alpha value is -0.910. The van der Waals surface area contributed by atoms with Gasteiger partial charge in [-0.25, -0.2) is 8.42 Å². The van der Waals surface area contributed by atoms with E-state index in [9.17, 15) is 8.42 Å². The molecular weight excluding hydrogens is 274 g/mol. The van der Waals surface area contributed by atoms with E-state index in [0.717, 1.165) is 12.0 Å². The lowest BCUT2D eigenvalue weighted by molar-refractivity contribution is 0.0840. The van der Waals surface area contributed by atoms with Crippen molar-refractivity contribution in [3.63, 3.8) is 0 Å². The molecule has 0 bridgehead atoms. The molecule has 2 atom stereocenters. The van der Waals surface area contributed by atoms with Crippen molar-refractivity contribution in [2.45, 2.75) is 32.9 Å². The van der Waals surface area contributed by atoms with Crippen LogP contribution in [0.4, 0.5) is 0 Å². The molecule has 1 fully saturated rings. The predicted octanol–water partition coefficient (Wildman–Crippen LogP) is 2.26. The summed E-state index contributed by atoms with van der Waals surface area (Å²) in [4.78, 5) is 0. The SMILES string of the molecule is CC(COCc1ccccc1)CN1C(C)CCS1(=O)=O. The van der Waals surface area contributed by atoms with Crippen LogP contribution in [0, 0.1) is 5.92 Å². The summed E-state index contributed by atoms with van der Waals surface area (Å²) >= 11 is 0. The molecule has 0 amide bonds. The molecule has 1 aliphatic heterocycles. The van der Waals surface area contributed by atoms with E-state index >= 15 is 0 Å². The Morgan fingerprint density at radius 1 is 1.35 bits per heavy atom. The van der Waals surface area contributed by atoms with Gasteiger partial charge in [0.2, 0.25) is 10.0 Å². The van der Waals surface area contributed by atoms with E-state index < -0.39 is 10.0 Å². The number of ether oxygens (including phenoxy) is 1. The molecule has 20 heavy (non-hydrogen) atoms. The normalized spacial score (nSPS) is 23.8. The average Bonchev–Trinajstić information content (AvgIpc) is 2.67. The van der Waals surface area contributed by atoms with Gasteiger partial charge in [0.15, 0.2) is 0 Å². The maximum atomic E-state index is 11.9. The lowest BCUT2D eigenvalue weighted by Gasteiger charge is -2.23. The Morgan fingerprint density at radius 2 is 2.05 bits per heavy atom. The standard InChI is InChI=1S/C15H23NO3S/c1-13(10-16-14(2)8-9-20(16,17)18)11-19-12-15-6-4-3-5-7-15/h3-7,13-14H,8-12H2,1-2H3. The third kappa shape index (κ3) is 4.04. The molecule has 1 heterocycles. The molecule has 0 saturated carbocycles. The number of rotatable bonds is 6. The van der Waals surface area contributed by atoms with E-state index in [1.54, 1.807) is 4.31 Å². The molecule has 1 aromatic carbocycles. The number of hydrogen-bond donors (Lipinski definition) is 0. The van der Waals surface area contributed by atoms with Crippen LogP contribution in [-0.4, -0.2) is 37.7 Å². The Bertz CT molecular complexity index is 515. The van der Waals surface area contributed by atoms with Gasteiger partial charge in [-0.2, -0.15) is 4.31 Å². The fourth-order valence-electron chi connectivity index (χ4n) is 2.46. The summed E-state index contributed by atoms with van der Waals surface area (Å²) in [5.74, 6) is 0.486. The van der Waals surface area contributed by atoms with Crippen molar-refractivity contribution in [1.82, 2.24) is 4.31 Å². The number of hydrogen-bond acceptors (Lipinski definition) is 3. The molecule has 2 unspecified atom stereocenters. The predicted molar refractivity (Wildman–Crippen MR) is 79.8 cm³/mol. The van der Waals surface area contributed by atoms with Gasteiger partial charge >= 0.3 is 0 Å². The number of nitrogens with zero attached hydrogens (tertiary/aromatic N) is 1. The van der Waals surface area contributed by atoms with Crippen LogP contribution in [0.3, 0.4) is 0 Å². The first kappa shape index (κ1) is 15.5. The van der Waals surface area contributed by atoms with E-state index in [4.69, 9.17) is 4.74 Å². The Kier molecular flexibility index (Phi) is 5.18. The van der Waals surface area contributed by atoms with Gasteiger partial charge in [-0.3, -0.25) is 0 Å². The quantitative estimate of drug-likeness (QED) is 0.809. The van der Waals surface area contributed by atoms with E-state index in [1.165, 1.54) is 0 Å². The van der Waals surface area contributed by atoms with Crippen LogP contribution in [0.5, 0.6) is 0 Å². The van der Waals surface area contributed by atoms with Crippen LogP contribution < -0.4 is 0 Å². The zero-order chi connectivity index (χ0) is 14.6. The van der Waals surface area contributed by atoms with Crippen molar-refractivity contribution >= 4 is 10.0 Å². The lowest BCUT2D eigenvalue weighted by Crippen LogP contribution is -2.36. The van der Waals surface area contributed by atoms with Crippen LogP contribution in [-0.2, 0) is 21.4 Å². The first-order chi connectivity index (χ1) is 9.49. The monoisotopic (exact) mass is 297 g/mol. The Morgan fingerprint density at radius 3 is 2.65 bits per heavy atom. The van der Waals surface area contributed by atoms with Gasteiger partial charge < -0.3 is 4.74 Å². The van der Waals surface area contributed by atoms with Gasteiger partial charge in [-0.15, -0.1) is 0 Å². The molecule has 4 nitrogen and oxygen atoms in total. The summed E-state index contributed by atoms with van der Waals surface area (Å²) in [6, 6.07) is 10.1. The first-order valence-electron chi connectivity index (χ1n) is 7.10. The highest BCUT2D eigenvalue weighted by molar-refractivity contribution is 7.89. The van der Waals surface area contributed by atoms with Crippen molar-refractivity contribution in [3.8, 4) is 0 Å². The van der Waals surface area contributed by atoms with E-state index in [1.807, 2.05) is 44.2 Å². The summed E-state index contributed by atoms with van der Waals surface area (Å²) in [5.41, 5.74) is 1.14. The zero-order valence-electron chi connectivity index (χ0n) is 12.2. The molecule has 112 valence electrons. The summed E-state index contributed by atoms with van der Waals surface area (Å²) in [6.45, 7) is 5.72. The number of benzene rings is 1. The topological polar surface area (TPSA) is 46.6 Å². The molecule has 5 heteroatoms. The van der Waals surface area contributed by atoms with Crippen molar-refractivity contribution < 1.29 is 13.2 Å². The van der Waals surface area contributed by atoms with Gasteiger partial charge in [-0.05, 0) is 24.8 Å². The highest BCUT2D eigenvalue weighted by Gasteiger charge is 2.34. The van der Waals surface area contributed by atoms with Crippen LogP contribution in [0.1, 0.15) is 25.8 Å². The second-order valence-electron chi connectivity index (χ2n) is 5.63. The Balaban J connectivity index is 1.77. The average molecular weight is 297 g/mol. The van der Waals surface area contributed by atoms with Crippen molar-refractivity contribution in [2.24, 2.45) is 5.92 Å². The van der Waals surface area contributed by atoms with Crippen LogP contribution in [0.15, 0.2) is 30.3 Å². The highest BCUT2D eigenvalue weighted by atomic mass is 32.2. The minimum absolute atomic E-state index is 0.122. The van der Waals surface area contributed by atoms with Crippen LogP contribution in [0.25, 0.3) is 0 Å². The van der Waals surface area contributed by atoms with Crippen molar-refractivity contribution in [3.05, 3.63) is 35.9 Å². The fraction of sp³-hybridized carbons (Fsp3) is 0.600. The molecule has 1 aromatic rings. The van der Waals surface area contributed by atoms with Crippen LogP contribution >= 0.6 is 0 Å². The second kappa shape index (κ2) is 6.70. The highest BCUT2D eigenvalue weighted by Crippen LogP contribution is 2.22. The molecule has 1 aliphatic rings. The zero-order valence-corrected chi connectivity index (χ0v) is 13.0. The van der Waals surface area contributed by atoms with Crippen molar-refractivity contribution in [1.29, 1.82) is 0 Å². The summed E-state index contributed by atoms with van der Waals surface area (Å²) in [7, 11) is -3.03. The fourth-order valence-corrected chi connectivity index (χ4v) is 4.47. The summed E-state index contributed by atoms with van der Waals surface area (Å²) in [6.07, 6.45) is 0.736.